The maximum absolute atomic E-state index is 13.1. The Labute approximate surface area is 167 Å². The van der Waals surface area contributed by atoms with E-state index in [4.69, 9.17) is 5.73 Å². The van der Waals surface area contributed by atoms with Crippen molar-refractivity contribution in [2.75, 3.05) is 26.2 Å². The highest BCUT2D eigenvalue weighted by atomic mass is 16.2. The van der Waals surface area contributed by atoms with E-state index in [2.05, 4.69) is 10.6 Å². The number of carbonyl (C=O) groups excluding carboxylic acids is 3. The second-order valence-corrected chi connectivity index (χ2v) is 7.77. The van der Waals surface area contributed by atoms with E-state index >= 15 is 0 Å². The fourth-order valence-corrected chi connectivity index (χ4v) is 3.45. The summed E-state index contributed by atoms with van der Waals surface area (Å²) in [6.45, 7) is 7.54. The molecule has 2 atom stereocenters. The summed E-state index contributed by atoms with van der Waals surface area (Å²) in [7, 11) is 0. The van der Waals surface area contributed by atoms with E-state index in [9.17, 15) is 14.4 Å². The monoisotopic (exact) mass is 388 g/mol. The number of amides is 3. The minimum absolute atomic E-state index is 0.0622. The molecular weight excluding hydrogens is 356 g/mol. The summed E-state index contributed by atoms with van der Waals surface area (Å²) in [6, 6.07) is 6.66. The molecule has 154 valence electrons. The molecule has 1 aromatic rings. The molecule has 3 amide bonds. The average molecular weight is 389 g/mol. The smallest absolute Gasteiger partial charge is 0.251 e. The third kappa shape index (κ3) is 5.79. The van der Waals surface area contributed by atoms with Gasteiger partial charge in [0, 0.05) is 31.7 Å². The lowest BCUT2D eigenvalue weighted by atomic mass is 9.94. The van der Waals surface area contributed by atoms with Crippen molar-refractivity contribution in [1.29, 1.82) is 0 Å². The zero-order valence-corrected chi connectivity index (χ0v) is 17.0. The van der Waals surface area contributed by atoms with Crippen LogP contribution in [0.1, 0.15) is 42.6 Å². The van der Waals surface area contributed by atoms with Gasteiger partial charge in [0.15, 0.2) is 0 Å². The third-order valence-electron chi connectivity index (χ3n) is 5.05. The van der Waals surface area contributed by atoms with Crippen LogP contribution in [0.5, 0.6) is 0 Å². The van der Waals surface area contributed by atoms with Crippen LogP contribution < -0.4 is 16.4 Å². The van der Waals surface area contributed by atoms with Crippen molar-refractivity contribution in [3.05, 3.63) is 35.4 Å². The largest absolute Gasteiger partial charge is 0.355 e. The molecule has 0 bridgehead atoms. The van der Waals surface area contributed by atoms with Crippen LogP contribution in [0.15, 0.2) is 24.3 Å². The van der Waals surface area contributed by atoms with Crippen molar-refractivity contribution in [3.8, 4) is 0 Å². The maximum atomic E-state index is 13.1. The number of carbonyl (C=O) groups is 3. The van der Waals surface area contributed by atoms with Crippen LogP contribution in [0.25, 0.3) is 0 Å². The van der Waals surface area contributed by atoms with Gasteiger partial charge in [0.2, 0.25) is 11.8 Å². The molecule has 2 unspecified atom stereocenters. The van der Waals surface area contributed by atoms with Crippen molar-refractivity contribution in [1.82, 2.24) is 15.5 Å². The molecule has 0 radical (unpaired) electrons. The maximum Gasteiger partial charge on any atom is 0.251 e. The molecule has 28 heavy (non-hydrogen) atoms. The Hall–Kier alpha value is -2.41. The van der Waals surface area contributed by atoms with Crippen LogP contribution in [-0.2, 0) is 9.59 Å². The van der Waals surface area contributed by atoms with Crippen LogP contribution in [0.3, 0.4) is 0 Å². The lowest BCUT2D eigenvalue weighted by Crippen LogP contribution is -2.54. The molecule has 1 aromatic carbocycles. The number of piperidine rings is 1. The van der Waals surface area contributed by atoms with Gasteiger partial charge in [-0.1, -0.05) is 31.5 Å². The van der Waals surface area contributed by atoms with E-state index in [-0.39, 0.29) is 29.6 Å². The molecule has 0 saturated carbocycles. The Kier molecular flexibility index (Phi) is 7.99. The van der Waals surface area contributed by atoms with Crippen LogP contribution in [0.4, 0.5) is 0 Å². The van der Waals surface area contributed by atoms with E-state index < -0.39 is 6.04 Å². The molecule has 0 aromatic heterocycles. The number of nitrogens with two attached hydrogens (primary N) is 1. The van der Waals surface area contributed by atoms with Crippen LogP contribution >= 0.6 is 0 Å². The predicted octanol–water partition coefficient (Wildman–Crippen LogP) is 1.06. The number of benzene rings is 1. The summed E-state index contributed by atoms with van der Waals surface area (Å²) in [5, 5.41) is 5.69. The van der Waals surface area contributed by atoms with E-state index in [0.29, 0.717) is 31.7 Å². The summed E-state index contributed by atoms with van der Waals surface area (Å²) in [4.78, 5) is 39.7. The lowest BCUT2D eigenvalue weighted by molar-refractivity contribution is -0.138. The van der Waals surface area contributed by atoms with Gasteiger partial charge in [-0.25, -0.2) is 0 Å². The number of likely N-dealkylation sites (tertiary alicyclic amines) is 1. The second-order valence-electron chi connectivity index (χ2n) is 7.77. The van der Waals surface area contributed by atoms with Gasteiger partial charge in [0.05, 0.1) is 5.92 Å². The molecule has 4 N–H and O–H groups in total. The lowest BCUT2D eigenvalue weighted by Gasteiger charge is -2.35. The van der Waals surface area contributed by atoms with Gasteiger partial charge in [-0.15, -0.1) is 0 Å². The molecule has 1 aliphatic rings. The van der Waals surface area contributed by atoms with Gasteiger partial charge < -0.3 is 21.3 Å². The SMILES string of the molecule is Cc1cccc(C(=O)NC(C(=O)N2CCCC(C(=O)NCCN)C2)C(C)C)c1. The summed E-state index contributed by atoms with van der Waals surface area (Å²) in [6.07, 6.45) is 1.52. The van der Waals surface area contributed by atoms with Crippen LogP contribution in [-0.4, -0.2) is 54.8 Å². The quantitative estimate of drug-likeness (QED) is 0.650. The van der Waals surface area contributed by atoms with Crippen LogP contribution in [0, 0.1) is 18.8 Å². The molecule has 2 rings (SSSR count). The van der Waals surface area contributed by atoms with Gasteiger partial charge in [-0.2, -0.15) is 0 Å². The first kappa shape index (κ1) is 21.9. The molecule has 7 heteroatoms. The minimum atomic E-state index is -0.626. The van der Waals surface area contributed by atoms with Crippen LogP contribution in [0.2, 0.25) is 0 Å². The average Bonchev–Trinajstić information content (AvgIpc) is 2.69. The highest BCUT2D eigenvalue weighted by Gasteiger charge is 2.33. The summed E-state index contributed by atoms with van der Waals surface area (Å²) >= 11 is 0. The van der Waals surface area contributed by atoms with Gasteiger partial charge in [0.25, 0.3) is 5.91 Å². The van der Waals surface area contributed by atoms with Crippen molar-refractivity contribution < 1.29 is 14.4 Å². The van der Waals surface area contributed by atoms with E-state index in [1.54, 1.807) is 17.0 Å². The number of hydrogen-bond acceptors (Lipinski definition) is 4. The van der Waals surface area contributed by atoms with E-state index in [0.717, 1.165) is 18.4 Å². The fourth-order valence-electron chi connectivity index (χ4n) is 3.45. The Morgan fingerprint density at radius 1 is 1.29 bits per heavy atom. The topological polar surface area (TPSA) is 105 Å². The molecule has 1 aliphatic heterocycles. The molecule has 1 saturated heterocycles. The van der Waals surface area contributed by atoms with Crippen molar-refractivity contribution in [2.24, 2.45) is 17.6 Å². The zero-order chi connectivity index (χ0) is 20.7. The molecular formula is C21H32N4O3. The number of aryl methyl sites for hydroxylation is 1. The van der Waals surface area contributed by atoms with E-state index in [1.807, 2.05) is 32.9 Å². The van der Waals surface area contributed by atoms with Gasteiger partial charge in [-0.3, -0.25) is 14.4 Å². The molecule has 1 heterocycles. The Morgan fingerprint density at radius 3 is 2.68 bits per heavy atom. The number of nitrogens with one attached hydrogen (secondary N) is 2. The van der Waals surface area contributed by atoms with Gasteiger partial charge in [-0.05, 0) is 37.8 Å². The van der Waals surface area contributed by atoms with Crippen molar-refractivity contribution >= 4 is 17.7 Å². The van der Waals surface area contributed by atoms with E-state index in [1.165, 1.54) is 0 Å². The minimum Gasteiger partial charge on any atom is -0.355 e. The van der Waals surface area contributed by atoms with Gasteiger partial charge in [0.1, 0.15) is 6.04 Å². The molecule has 0 aliphatic carbocycles. The summed E-state index contributed by atoms with van der Waals surface area (Å²) in [5.41, 5.74) is 6.97. The fraction of sp³-hybridized carbons (Fsp3) is 0.571. The Bertz CT molecular complexity index is 705. The predicted molar refractivity (Wildman–Crippen MR) is 109 cm³/mol. The highest BCUT2D eigenvalue weighted by Crippen LogP contribution is 2.19. The number of hydrogen-bond donors (Lipinski definition) is 3. The van der Waals surface area contributed by atoms with Gasteiger partial charge >= 0.3 is 0 Å². The molecule has 0 spiro atoms. The normalized spacial score (nSPS) is 17.9. The van der Waals surface area contributed by atoms with Crippen molar-refractivity contribution in [3.63, 3.8) is 0 Å². The number of nitrogens with zero attached hydrogens (tertiary/aromatic N) is 1. The molecule has 7 nitrogen and oxygen atoms in total. The first-order valence-corrected chi connectivity index (χ1v) is 9.97. The number of rotatable bonds is 7. The highest BCUT2D eigenvalue weighted by molar-refractivity contribution is 5.97. The Morgan fingerprint density at radius 2 is 2.04 bits per heavy atom. The Balaban J connectivity index is 2.05. The first-order chi connectivity index (χ1) is 13.3. The summed E-state index contributed by atoms with van der Waals surface area (Å²) < 4.78 is 0. The summed E-state index contributed by atoms with van der Waals surface area (Å²) in [5.74, 6) is -0.748. The van der Waals surface area contributed by atoms with Crippen molar-refractivity contribution in [2.45, 2.75) is 39.7 Å². The first-order valence-electron chi connectivity index (χ1n) is 9.97. The zero-order valence-electron chi connectivity index (χ0n) is 17.0. The second kappa shape index (κ2) is 10.2. The molecule has 1 fully saturated rings. The third-order valence-corrected chi connectivity index (χ3v) is 5.05. The standard InChI is InChI=1S/C21H32N4O3/c1-14(2)18(24-20(27)16-7-4-6-15(3)12-16)21(28)25-11-5-8-17(13-25)19(26)23-10-9-22/h4,6-7,12,14,17-18H,5,8-11,13,22H2,1-3H3,(H,23,26)(H,24,27).